The molecule has 1 fully saturated rings. The van der Waals surface area contributed by atoms with Crippen LogP contribution in [0.2, 0.25) is 10.0 Å². The van der Waals surface area contributed by atoms with Crippen molar-refractivity contribution in [2.45, 2.75) is 31.2 Å². The highest BCUT2D eigenvalue weighted by Gasteiger charge is 2.44. The monoisotopic (exact) mass is 512 g/mol. The van der Waals surface area contributed by atoms with Crippen molar-refractivity contribution in [2.24, 2.45) is 0 Å². The summed E-state index contributed by atoms with van der Waals surface area (Å²) in [5, 5.41) is 3.29. The molecule has 1 amide bonds. The average molecular weight is 514 g/mol. The number of hydrogen-bond donors (Lipinski definition) is 1. The third kappa shape index (κ3) is 8.24. The number of ether oxygens (including phenoxy) is 2. The molecule has 0 radical (unpaired) electrons. The van der Waals surface area contributed by atoms with Crippen molar-refractivity contribution in [1.29, 1.82) is 0 Å². The van der Waals surface area contributed by atoms with Gasteiger partial charge in [-0.3, -0.25) is 10.2 Å². The quantitative estimate of drug-likeness (QED) is 0.483. The second kappa shape index (κ2) is 11.8. The summed E-state index contributed by atoms with van der Waals surface area (Å²) in [5.41, 5.74) is 0.282. The molecule has 0 aromatic heterocycles. The third-order valence-corrected chi connectivity index (χ3v) is 5.21. The van der Waals surface area contributed by atoms with E-state index in [0.717, 1.165) is 0 Å². The van der Waals surface area contributed by atoms with Crippen LogP contribution in [0, 0.1) is 0 Å². The number of carbonyl (C=O) groups is 1. The molecule has 32 heavy (non-hydrogen) atoms. The molecule has 1 aliphatic heterocycles. The Hall–Kier alpha value is -1.87. The summed E-state index contributed by atoms with van der Waals surface area (Å²) >= 11 is 11.6. The molecule has 1 aliphatic rings. The lowest BCUT2D eigenvalue weighted by molar-refractivity contribution is -0.207. The van der Waals surface area contributed by atoms with Crippen molar-refractivity contribution < 1.29 is 27.4 Å². The van der Waals surface area contributed by atoms with E-state index in [2.05, 4.69) is 5.32 Å². The van der Waals surface area contributed by atoms with Crippen LogP contribution in [0.3, 0.4) is 0 Å². The predicted octanol–water partition coefficient (Wildman–Crippen LogP) is 6.44. The Kier molecular flexibility index (Phi) is 9.76. The van der Waals surface area contributed by atoms with E-state index in [1.165, 1.54) is 24.3 Å². The van der Waals surface area contributed by atoms with Gasteiger partial charge in [-0.25, -0.2) is 4.79 Å². The van der Waals surface area contributed by atoms with Gasteiger partial charge in [-0.15, -0.1) is 12.4 Å². The first kappa shape index (κ1) is 26.4. The number of rotatable bonds is 6. The summed E-state index contributed by atoms with van der Waals surface area (Å²) in [6, 6.07) is 12.7. The van der Waals surface area contributed by atoms with E-state index in [0.29, 0.717) is 35.2 Å². The SMILES string of the molecule is Cl.O=C(Nc1ccc(Cl)cc1)O[C@@H](CN1CCC[C@@H](Oc2ccc(Cl)cc2)C1)C(F)(F)F. The second-order valence-corrected chi connectivity index (χ2v) is 8.04. The first-order chi connectivity index (χ1) is 14.7. The van der Waals surface area contributed by atoms with Crippen LogP contribution in [0.4, 0.5) is 23.7 Å². The lowest BCUT2D eigenvalue weighted by Crippen LogP contribution is -2.49. The molecule has 2 aromatic rings. The highest BCUT2D eigenvalue weighted by atomic mass is 35.5. The van der Waals surface area contributed by atoms with Gasteiger partial charge in [0.05, 0.1) is 0 Å². The van der Waals surface area contributed by atoms with Gasteiger partial charge in [-0.1, -0.05) is 23.2 Å². The summed E-state index contributed by atoms with van der Waals surface area (Å²) in [5.74, 6) is 0.599. The Morgan fingerprint density at radius 3 is 2.28 bits per heavy atom. The lowest BCUT2D eigenvalue weighted by Gasteiger charge is -2.35. The molecule has 0 saturated carbocycles. The smallest absolute Gasteiger partial charge is 0.426 e. The molecule has 1 saturated heterocycles. The van der Waals surface area contributed by atoms with Crippen molar-refractivity contribution in [1.82, 2.24) is 4.90 Å². The van der Waals surface area contributed by atoms with Crippen LogP contribution in [0.25, 0.3) is 0 Å². The standard InChI is InChI=1S/C21H21Cl2F3N2O3.ClH/c22-14-3-7-16(8-4-14)27-20(29)31-19(21(24,25)26)13-28-11-1-2-18(12-28)30-17-9-5-15(23)6-10-17;/h3-10,18-19H,1-2,11-13H2,(H,27,29);1H/t18-,19+;/m1./s1. The highest BCUT2D eigenvalue weighted by Crippen LogP contribution is 2.27. The number of hydrogen-bond acceptors (Lipinski definition) is 4. The number of nitrogens with zero attached hydrogens (tertiary/aromatic N) is 1. The molecule has 0 spiro atoms. The van der Waals surface area contributed by atoms with Crippen molar-refractivity contribution in [2.75, 3.05) is 25.0 Å². The van der Waals surface area contributed by atoms with Crippen LogP contribution in [0.5, 0.6) is 5.75 Å². The van der Waals surface area contributed by atoms with Gasteiger partial charge in [0.25, 0.3) is 0 Å². The Morgan fingerprint density at radius 1 is 1.09 bits per heavy atom. The predicted molar refractivity (Wildman–Crippen MR) is 120 cm³/mol. The van der Waals surface area contributed by atoms with Crippen LogP contribution in [0.15, 0.2) is 48.5 Å². The second-order valence-electron chi connectivity index (χ2n) is 7.16. The Bertz CT molecular complexity index is 867. The van der Waals surface area contributed by atoms with Crippen molar-refractivity contribution in [3.63, 3.8) is 0 Å². The molecule has 0 bridgehead atoms. The Balaban J connectivity index is 0.00000363. The maximum atomic E-state index is 13.5. The van der Waals surface area contributed by atoms with E-state index in [-0.39, 0.29) is 30.7 Å². The average Bonchev–Trinajstić information content (AvgIpc) is 2.71. The summed E-state index contributed by atoms with van der Waals surface area (Å²) in [6.45, 7) is 0.268. The molecule has 1 heterocycles. The summed E-state index contributed by atoms with van der Waals surface area (Å²) in [4.78, 5) is 13.6. The van der Waals surface area contributed by atoms with E-state index in [9.17, 15) is 18.0 Å². The fraction of sp³-hybridized carbons (Fsp3) is 0.381. The van der Waals surface area contributed by atoms with Crippen LogP contribution in [-0.4, -0.2) is 49.0 Å². The number of likely N-dealkylation sites (tertiary alicyclic amines) is 1. The maximum absolute atomic E-state index is 13.5. The highest BCUT2D eigenvalue weighted by molar-refractivity contribution is 6.30. The molecular weight excluding hydrogens is 492 g/mol. The number of nitrogens with one attached hydrogen (secondary N) is 1. The molecule has 1 N–H and O–H groups in total. The number of halogens is 6. The van der Waals surface area contributed by atoms with Crippen LogP contribution < -0.4 is 10.1 Å². The fourth-order valence-corrected chi connectivity index (χ4v) is 3.48. The largest absolute Gasteiger partial charge is 0.489 e. The number of carbonyl (C=O) groups excluding carboxylic acids is 1. The molecule has 3 rings (SSSR count). The minimum absolute atomic E-state index is 0. The van der Waals surface area contributed by atoms with Gasteiger partial charge in [-0.05, 0) is 67.9 Å². The zero-order valence-corrected chi connectivity index (χ0v) is 19.1. The molecule has 0 aliphatic carbocycles. The van der Waals surface area contributed by atoms with Gasteiger partial charge in [0, 0.05) is 28.8 Å². The van der Waals surface area contributed by atoms with Gasteiger partial charge in [0.1, 0.15) is 11.9 Å². The molecular formula is C21H22Cl3F3N2O3. The normalized spacial score (nSPS) is 17.7. The van der Waals surface area contributed by atoms with E-state index >= 15 is 0 Å². The molecule has 2 atom stereocenters. The zero-order valence-electron chi connectivity index (χ0n) is 16.8. The van der Waals surface area contributed by atoms with Gasteiger partial charge in [0.2, 0.25) is 6.10 Å². The van der Waals surface area contributed by atoms with E-state index in [1.807, 2.05) is 0 Å². The summed E-state index contributed by atoms with van der Waals surface area (Å²) in [6.07, 6.45) is -7.05. The van der Waals surface area contributed by atoms with E-state index in [1.54, 1.807) is 29.2 Å². The third-order valence-electron chi connectivity index (χ3n) is 4.71. The molecule has 0 unspecified atom stereocenters. The van der Waals surface area contributed by atoms with Gasteiger partial charge in [0.15, 0.2) is 0 Å². The lowest BCUT2D eigenvalue weighted by atomic mass is 10.1. The van der Waals surface area contributed by atoms with Gasteiger partial charge >= 0.3 is 12.3 Å². The summed E-state index contributed by atoms with van der Waals surface area (Å²) in [7, 11) is 0. The number of amides is 1. The van der Waals surface area contributed by atoms with Crippen molar-refractivity contribution >= 4 is 47.4 Å². The van der Waals surface area contributed by atoms with E-state index < -0.39 is 24.9 Å². The number of benzene rings is 2. The van der Waals surface area contributed by atoms with Gasteiger partial charge in [-0.2, -0.15) is 13.2 Å². The Labute approximate surface area is 200 Å². The molecule has 2 aromatic carbocycles. The van der Waals surface area contributed by atoms with Crippen LogP contribution in [-0.2, 0) is 4.74 Å². The molecule has 176 valence electrons. The summed E-state index contributed by atoms with van der Waals surface area (Å²) < 4.78 is 51.1. The first-order valence-electron chi connectivity index (χ1n) is 9.63. The first-order valence-corrected chi connectivity index (χ1v) is 10.4. The van der Waals surface area contributed by atoms with Crippen molar-refractivity contribution in [3.05, 3.63) is 58.6 Å². The van der Waals surface area contributed by atoms with Crippen molar-refractivity contribution in [3.8, 4) is 5.75 Å². The molecule has 11 heteroatoms. The number of alkyl halides is 3. The topological polar surface area (TPSA) is 50.8 Å². The van der Waals surface area contributed by atoms with Gasteiger partial charge < -0.3 is 9.47 Å². The van der Waals surface area contributed by atoms with E-state index in [4.69, 9.17) is 32.7 Å². The fourth-order valence-electron chi connectivity index (χ4n) is 3.23. The minimum Gasteiger partial charge on any atom is -0.489 e. The number of piperidine rings is 1. The number of anilines is 1. The Morgan fingerprint density at radius 2 is 1.69 bits per heavy atom. The van der Waals surface area contributed by atoms with Crippen LogP contribution in [0.1, 0.15) is 12.8 Å². The van der Waals surface area contributed by atoms with Crippen LogP contribution >= 0.6 is 35.6 Å². The minimum atomic E-state index is -4.71. The zero-order chi connectivity index (χ0) is 22.4. The molecule has 5 nitrogen and oxygen atoms in total. The maximum Gasteiger partial charge on any atom is 0.426 e.